The molecular formula is C16H22O5. The summed E-state index contributed by atoms with van der Waals surface area (Å²) in [4.78, 5) is 23.5. The van der Waals surface area contributed by atoms with E-state index in [1.165, 1.54) is 14.2 Å². The molecule has 0 saturated carbocycles. The summed E-state index contributed by atoms with van der Waals surface area (Å²) in [6.45, 7) is 2.08. The Morgan fingerprint density at radius 3 is 2.43 bits per heavy atom. The molecule has 0 aliphatic rings. The van der Waals surface area contributed by atoms with Gasteiger partial charge in [-0.15, -0.1) is 0 Å². The first kappa shape index (κ1) is 17.0. The summed E-state index contributed by atoms with van der Waals surface area (Å²) in [7, 11) is 2.63. The van der Waals surface area contributed by atoms with Gasteiger partial charge in [0, 0.05) is 0 Å². The number of carbonyl (C=O) groups is 2. The first-order valence-electron chi connectivity index (χ1n) is 7.05. The minimum Gasteiger partial charge on any atom is -0.478 e. The molecule has 1 rings (SSSR count). The lowest BCUT2D eigenvalue weighted by Gasteiger charge is -2.18. The molecule has 0 aliphatic carbocycles. The molecule has 5 heteroatoms. The lowest BCUT2D eigenvalue weighted by Crippen LogP contribution is -2.29. The quantitative estimate of drug-likeness (QED) is 0.545. The van der Waals surface area contributed by atoms with Gasteiger partial charge in [-0.2, -0.15) is 0 Å². The lowest BCUT2D eigenvalue weighted by molar-refractivity contribution is -0.149. The number of unbranched alkanes of at least 4 members (excludes halogenated alkanes) is 2. The Bertz CT molecular complexity index is 469. The van der Waals surface area contributed by atoms with Crippen LogP contribution >= 0.6 is 0 Å². The van der Waals surface area contributed by atoms with E-state index in [1.54, 1.807) is 24.3 Å². The molecule has 0 aliphatic heterocycles. The molecule has 0 aromatic heterocycles. The van der Waals surface area contributed by atoms with E-state index in [-0.39, 0.29) is 0 Å². The molecule has 0 N–H and O–H groups in total. The number of rotatable bonds is 8. The highest BCUT2D eigenvalue weighted by molar-refractivity contribution is 5.92. The number of benzene rings is 1. The molecule has 0 bridgehead atoms. The maximum absolute atomic E-state index is 11.8. The second kappa shape index (κ2) is 9.00. The van der Waals surface area contributed by atoms with Crippen LogP contribution in [0.3, 0.4) is 0 Å². The number of carbonyl (C=O) groups excluding carboxylic acids is 2. The second-order valence-corrected chi connectivity index (χ2v) is 4.61. The van der Waals surface area contributed by atoms with Crippen molar-refractivity contribution in [1.82, 2.24) is 0 Å². The number of para-hydroxylation sites is 1. The summed E-state index contributed by atoms with van der Waals surface area (Å²) in [5, 5.41) is 0. The van der Waals surface area contributed by atoms with Gasteiger partial charge in [-0.1, -0.05) is 31.9 Å². The molecule has 0 fully saturated rings. The Morgan fingerprint density at radius 2 is 1.81 bits per heavy atom. The Kier molecular flexibility index (Phi) is 7.29. The van der Waals surface area contributed by atoms with Crippen molar-refractivity contribution in [2.24, 2.45) is 0 Å². The SMILES string of the molecule is CCCCCC(Oc1ccccc1C(=O)OC)C(=O)OC. The molecule has 0 spiro atoms. The number of ether oxygens (including phenoxy) is 3. The van der Waals surface area contributed by atoms with Gasteiger partial charge in [0.05, 0.1) is 14.2 Å². The van der Waals surface area contributed by atoms with Crippen LogP contribution < -0.4 is 4.74 Å². The molecule has 1 atom stereocenters. The molecule has 21 heavy (non-hydrogen) atoms. The number of hydrogen-bond acceptors (Lipinski definition) is 5. The Hall–Kier alpha value is -2.04. The minimum atomic E-state index is -0.715. The second-order valence-electron chi connectivity index (χ2n) is 4.61. The molecule has 1 unspecified atom stereocenters. The van der Waals surface area contributed by atoms with E-state index in [0.717, 1.165) is 19.3 Å². The molecule has 0 heterocycles. The Morgan fingerprint density at radius 1 is 1.10 bits per heavy atom. The Labute approximate surface area is 125 Å². The lowest BCUT2D eigenvalue weighted by atomic mass is 10.1. The fourth-order valence-electron chi connectivity index (χ4n) is 1.94. The van der Waals surface area contributed by atoms with Gasteiger partial charge in [-0.25, -0.2) is 9.59 Å². The van der Waals surface area contributed by atoms with Crippen LogP contribution in [0.25, 0.3) is 0 Å². The topological polar surface area (TPSA) is 61.8 Å². The predicted molar refractivity (Wildman–Crippen MR) is 78.4 cm³/mol. The van der Waals surface area contributed by atoms with Crippen molar-refractivity contribution in [2.75, 3.05) is 14.2 Å². The summed E-state index contributed by atoms with van der Waals surface area (Å²) < 4.78 is 15.2. The van der Waals surface area contributed by atoms with E-state index in [9.17, 15) is 9.59 Å². The van der Waals surface area contributed by atoms with Crippen LogP contribution in [-0.4, -0.2) is 32.3 Å². The van der Waals surface area contributed by atoms with Crippen LogP contribution in [0.1, 0.15) is 43.0 Å². The molecule has 1 aromatic carbocycles. The monoisotopic (exact) mass is 294 g/mol. The van der Waals surface area contributed by atoms with Gasteiger partial charge in [-0.3, -0.25) is 0 Å². The third-order valence-electron chi connectivity index (χ3n) is 3.10. The minimum absolute atomic E-state index is 0.296. The molecule has 116 valence electrons. The average Bonchev–Trinajstić information content (AvgIpc) is 2.53. The first-order chi connectivity index (χ1) is 10.1. The van der Waals surface area contributed by atoms with Gasteiger partial charge in [0.25, 0.3) is 0 Å². The summed E-state index contributed by atoms with van der Waals surface area (Å²) in [5.74, 6) is -0.607. The van der Waals surface area contributed by atoms with Crippen molar-refractivity contribution in [2.45, 2.75) is 38.7 Å². The maximum atomic E-state index is 11.8. The van der Waals surface area contributed by atoms with Gasteiger partial charge >= 0.3 is 11.9 Å². The van der Waals surface area contributed by atoms with Gasteiger partial charge in [-0.05, 0) is 25.0 Å². The van der Waals surface area contributed by atoms with E-state index in [2.05, 4.69) is 6.92 Å². The van der Waals surface area contributed by atoms with E-state index in [1.807, 2.05) is 0 Å². The maximum Gasteiger partial charge on any atom is 0.347 e. The normalized spacial score (nSPS) is 11.6. The third kappa shape index (κ3) is 5.10. The average molecular weight is 294 g/mol. The summed E-state index contributed by atoms with van der Waals surface area (Å²) in [6.07, 6.45) is 2.75. The molecule has 0 radical (unpaired) electrons. The van der Waals surface area contributed by atoms with Crippen molar-refractivity contribution in [1.29, 1.82) is 0 Å². The fraction of sp³-hybridized carbons (Fsp3) is 0.500. The van der Waals surface area contributed by atoms with Gasteiger partial charge in [0.1, 0.15) is 11.3 Å². The number of esters is 2. The first-order valence-corrected chi connectivity index (χ1v) is 7.05. The number of hydrogen-bond donors (Lipinski definition) is 0. The highest BCUT2D eigenvalue weighted by Crippen LogP contribution is 2.22. The largest absolute Gasteiger partial charge is 0.478 e. The standard InChI is InChI=1S/C16H22O5/c1-4-5-6-11-14(16(18)20-3)21-13-10-8-7-9-12(13)15(17)19-2/h7-10,14H,4-6,11H2,1-3H3. The fourth-order valence-corrected chi connectivity index (χ4v) is 1.94. The zero-order valence-electron chi connectivity index (χ0n) is 12.8. The van der Waals surface area contributed by atoms with Gasteiger partial charge < -0.3 is 14.2 Å². The van der Waals surface area contributed by atoms with Crippen LogP contribution in [0, 0.1) is 0 Å². The Balaban J connectivity index is 2.87. The van der Waals surface area contributed by atoms with Crippen molar-refractivity contribution >= 4 is 11.9 Å². The van der Waals surface area contributed by atoms with Crippen molar-refractivity contribution in [3.8, 4) is 5.75 Å². The van der Waals surface area contributed by atoms with Gasteiger partial charge in [0.2, 0.25) is 0 Å². The van der Waals surface area contributed by atoms with Gasteiger partial charge in [0.15, 0.2) is 6.10 Å². The zero-order valence-corrected chi connectivity index (χ0v) is 12.8. The van der Waals surface area contributed by atoms with E-state index >= 15 is 0 Å². The van der Waals surface area contributed by atoms with E-state index < -0.39 is 18.0 Å². The summed E-state index contributed by atoms with van der Waals surface area (Å²) in [5.41, 5.74) is 0.296. The van der Waals surface area contributed by atoms with Crippen LogP contribution in [0.2, 0.25) is 0 Å². The zero-order chi connectivity index (χ0) is 15.7. The molecule has 0 saturated heterocycles. The van der Waals surface area contributed by atoms with Crippen LogP contribution in [0.15, 0.2) is 24.3 Å². The van der Waals surface area contributed by atoms with Crippen molar-refractivity contribution < 1.29 is 23.8 Å². The molecule has 5 nitrogen and oxygen atoms in total. The van der Waals surface area contributed by atoms with Crippen molar-refractivity contribution in [3.63, 3.8) is 0 Å². The molecule has 1 aromatic rings. The smallest absolute Gasteiger partial charge is 0.347 e. The highest BCUT2D eigenvalue weighted by Gasteiger charge is 2.23. The van der Waals surface area contributed by atoms with E-state index in [4.69, 9.17) is 14.2 Å². The van der Waals surface area contributed by atoms with Crippen LogP contribution in [-0.2, 0) is 14.3 Å². The predicted octanol–water partition coefficient (Wildman–Crippen LogP) is 2.97. The van der Waals surface area contributed by atoms with Crippen molar-refractivity contribution in [3.05, 3.63) is 29.8 Å². The third-order valence-corrected chi connectivity index (χ3v) is 3.10. The van der Waals surface area contributed by atoms with E-state index in [0.29, 0.717) is 17.7 Å². The number of methoxy groups -OCH3 is 2. The summed E-state index contributed by atoms with van der Waals surface area (Å²) >= 11 is 0. The molecule has 0 amide bonds. The highest BCUT2D eigenvalue weighted by atomic mass is 16.6. The molecular weight excluding hydrogens is 272 g/mol. The summed E-state index contributed by atoms with van der Waals surface area (Å²) in [6, 6.07) is 6.69. The van der Waals surface area contributed by atoms with Crippen LogP contribution in [0.4, 0.5) is 0 Å². The van der Waals surface area contributed by atoms with Crippen LogP contribution in [0.5, 0.6) is 5.75 Å².